The molecule has 1 aromatic carbocycles. The predicted octanol–water partition coefficient (Wildman–Crippen LogP) is 3.45. The van der Waals surface area contributed by atoms with E-state index < -0.39 is 0 Å². The fourth-order valence-electron chi connectivity index (χ4n) is 2.80. The number of benzene rings is 1. The van der Waals surface area contributed by atoms with Crippen LogP contribution < -0.4 is 0 Å². The molecule has 1 saturated heterocycles. The van der Waals surface area contributed by atoms with Gasteiger partial charge in [0, 0.05) is 6.42 Å². The molecule has 110 valence electrons. The first-order valence-corrected chi connectivity index (χ1v) is 7.44. The van der Waals surface area contributed by atoms with Gasteiger partial charge < -0.3 is 0 Å². The van der Waals surface area contributed by atoms with E-state index in [2.05, 4.69) is 18.7 Å². The maximum atomic E-state index is 13.5. The van der Waals surface area contributed by atoms with E-state index in [1.54, 1.807) is 18.2 Å². The zero-order valence-electron chi connectivity index (χ0n) is 12.5. The lowest BCUT2D eigenvalue weighted by Gasteiger charge is -2.22. The number of nitrogens with zero attached hydrogens (tertiary/aromatic N) is 1. The molecule has 0 bridgehead atoms. The van der Waals surface area contributed by atoms with Crippen molar-refractivity contribution in [3.63, 3.8) is 0 Å². The fourth-order valence-corrected chi connectivity index (χ4v) is 2.80. The van der Waals surface area contributed by atoms with Crippen LogP contribution in [0.2, 0.25) is 0 Å². The van der Waals surface area contributed by atoms with E-state index in [1.165, 1.54) is 12.5 Å². The molecule has 1 heterocycles. The molecule has 0 spiro atoms. The predicted molar refractivity (Wildman–Crippen MR) is 79.2 cm³/mol. The van der Waals surface area contributed by atoms with Crippen LogP contribution in [0.15, 0.2) is 24.3 Å². The van der Waals surface area contributed by atoms with Gasteiger partial charge in [-0.1, -0.05) is 32.0 Å². The van der Waals surface area contributed by atoms with Crippen LogP contribution in [0, 0.1) is 11.2 Å². The Morgan fingerprint density at radius 3 is 2.75 bits per heavy atom. The minimum atomic E-state index is -0.280. The molecule has 0 aromatic heterocycles. The van der Waals surface area contributed by atoms with E-state index >= 15 is 0 Å². The molecule has 20 heavy (non-hydrogen) atoms. The van der Waals surface area contributed by atoms with Gasteiger partial charge in [0.25, 0.3) is 0 Å². The molecule has 3 heteroatoms. The largest absolute Gasteiger partial charge is 0.298 e. The van der Waals surface area contributed by atoms with Gasteiger partial charge >= 0.3 is 0 Å². The molecular formula is C17H24FNO. The first-order valence-electron chi connectivity index (χ1n) is 7.44. The van der Waals surface area contributed by atoms with Gasteiger partial charge in [0.2, 0.25) is 0 Å². The first kappa shape index (κ1) is 15.2. The van der Waals surface area contributed by atoms with E-state index in [0.717, 1.165) is 25.9 Å². The summed E-state index contributed by atoms with van der Waals surface area (Å²) in [4.78, 5) is 14.3. The van der Waals surface area contributed by atoms with Crippen LogP contribution in [0.1, 0.15) is 38.7 Å². The first-order chi connectivity index (χ1) is 9.46. The molecule has 1 fully saturated rings. The topological polar surface area (TPSA) is 20.3 Å². The Labute approximate surface area is 121 Å². The minimum absolute atomic E-state index is 0.106. The van der Waals surface area contributed by atoms with Crippen molar-refractivity contribution in [3.8, 4) is 0 Å². The molecular weight excluding hydrogens is 253 g/mol. The molecule has 0 aliphatic carbocycles. The number of ketones is 1. The quantitative estimate of drug-likeness (QED) is 0.840. The number of halogens is 1. The minimum Gasteiger partial charge on any atom is -0.298 e. The number of carbonyl (C=O) groups excluding carboxylic acids is 1. The molecule has 1 aromatic rings. The van der Waals surface area contributed by atoms with Crippen molar-refractivity contribution in [2.75, 3.05) is 19.6 Å². The normalized spacial score (nSPS) is 19.6. The summed E-state index contributed by atoms with van der Waals surface area (Å²) >= 11 is 0. The Hall–Kier alpha value is -1.22. The average Bonchev–Trinajstić information content (AvgIpc) is 2.54. The lowest BCUT2D eigenvalue weighted by Crippen LogP contribution is -2.32. The van der Waals surface area contributed by atoms with E-state index in [1.807, 2.05) is 0 Å². The van der Waals surface area contributed by atoms with Crippen LogP contribution >= 0.6 is 0 Å². The number of likely N-dealkylation sites (tertiary alicyclic amines) is 1. The van der Waals surface area contributed by atoms with Crippen molar-refractivity contribution in [2.45, 2.75) is 39.5 Å². The monoisotopic (exact) mass is 277 g/mol. The number of hydrogen-bond acceptors (Lipinski definition) is 2. The van der Waals surface area contributed by atoms with Gasteiger partial charge in [0.15, 0.2) is 5.78 Å². The molecule has 2 nitrogen and oxygen atoms in total. The maximum absolute atomic E-state index is 13.5. The number of rotatable bonds is 4. The van der Waals surface area contributed by atoms with Gasteiger partial charge in [0.1, 0.15) is 5.82 Å². The highest BCUT2D eigenvalue weighted by Gasteiger charge is 2.24. The molecule has 0 atom stereocenters. The number of carbonyl (C=O) groups is 1. The number of Topliss-reactive ketones (excluding diaryl/α,β-unsaturated/α-hetero) is 1. The third-order valence-electron chi connectivity index (χ3n) is 4.18. The summed E-state index contributed by atoms with van der Waals surface area (Å²) in [5.41, 5.74) is 0.885. The summed E-state index contributed by atoms with van der Waals surface area (Å²) in [5, 5.41) is 0. The third kappa shape index (κ3) is 4.41. The summed E-state index contributed by atoms with van der Waals surface area (Å²) in [6.07, 6.45) is 3.68. The van der Waals surface area contributed by atoms with Crippen LogP contribution in [0.25, 0.3) is 0 Å². The Morgan fingerprint density at radius 2 is 2.00 bits per heavy atom. The third-order valence-corrected chi connectivity index (χ3v) is 4.18. The van der Waals surface area contributed by atoms with Gasteiger partial charge in [-0.3, -0.25) is 9.69 Å². The van der Waals surface area contributed by atoms with Crippen molar-refractivity contribution in [1.82, 2.24) is 4.90 Å². The Bertz CT molecular complexity index is 470. The maximum Gasteiger partial charge on any atom is 0.151 e. The molecule has 0 radical (unpaired) electrons. The Balaban J connectivity index is 1.87. The summed E-state index contributed by atoms with van der Waals surface area (Å²) in [6, 6.07) is 6.54. The fraction of sp³-hybridized carbons (Fsp3) is 0.588. The highest BCUT2D eigenvalue weighted by atomic mass is 19.1. The van der Waals surface area contributed by atoms with Crippen molar-refractivity contribution in [1.29, 1.82) is 0 Å². The number of hydrogen-bond donors (Lipinski definition) is 0. The second-order valence-corrected chi connectivity index (χ2v) is 6.60. The van der Waals surface area contributed by atoms with Crippen LogP contribution in [0.5, 0.6) is 0 Å². The second-order valence-electron chi connectivity index (χ2n) is 6.60. The van der Waals surface area contributed by atoms with Crippen molar-refractivity contribution in [3.05, 3.63) is 35.6 Å². The van der Waals surface area contributed by atoms with Gasteiger partial charge in [-0.2, -0.15) is 0 Å². The van der Waals surface area contributed by atoms with Gasteiger partial charge in [0.05, 0.1) is 6.54 Å². The highest BCUT2D eigenvalue weighted by Crippen LogP contribution is 2.29. The molecule has 0 saturated carbocycles. The zero-order valence-corrected chi connectivity index (χ0v) is 12.5. The van der Waals surface area contributed by atoms with Crippen molar-refractivity contribution < 1.29 is 9.18 Å². The average molecular weight is 277 g/mol. The van der Waals surface area contributed by atoms with E-state index in [4.69, 9.17) is 0 Å². The summed E-state index contributed by atoms with van der Waals surface area (Å²) in [6.45, 7) is 6.97. The summed E-state index contributed by atoms with van der Waals surface area (Å²) < 4.78 is 13.5. The Morgan fingerprint density at radius 1 is 1.25 bits per heavy atom. The highest BCUT2D eigenvalue weighted by molar-refractivity contribution is 5.82. The standard InChI is InChI=1S/C17H24FNO/c1-17(2)8-5-10-19(11-9-17)13-15(20)12-14-6-3-4-7-16(14)18/h3-4,6-7H,5,8-13H2,1-2H3. The van der Waals surface area contributed by atoms with E-state index in [-0.39, 0.29) is 18.0 Å². The van der Waals surface area contributed by atoms with Gasteiger partial charge in [-0.25, -0.2) is 4.39 Å². The molecule has 0 amide bonds. The smallest absolute Gasteiger partial charge is 0.151 e. The lowest BCUT2D eigenvalue weighted by molar-refractivity contribution is -0.119. The van der Waals surface area contributed by atoms with E-state index in [9.17, 15) is 9.18 Å². The van der Waals surface area contributed by atoms with Crippen molar-refractivity contribution in [2.24, 2.45) is 5.41 Å². The van der Waals surface area contributed by atoms with Gasteiger partial charge in [-0.05, 0) is 49.4 Å². The van der Waals surface area contributed by atoms with Crippen LogP contribution in [-0.2, 0) is 11.2 Å². The van der Waals surface area contributed by atoms with Crippen LogP contribution in [0.3, 0.4) is 0 Å². The molecule has 0 unspecified atom stereocenters. The second kappa shape index (κ2) is 6.49. The lowest BCUT2D eigenvalue weighted by atomic mass is 9.85. The van der Waals surface area contributed by atoms with Crippen molar-refractivity contribution >= 4 is 5.78 Å². The zero-order chi connectivity index (χ0) is 14.6. The van der Waals surface area contributed by atoms with Crippen LogP contribution in [-0.4, -0.2) is 30.3 Å². The Kier molecular flexibility index (Phi) is 4.92. The van der Waals surface area contributed by atoms with Crippen LogP contribution in [0.4, 0.5) is 4.39 Å². The molecule has 1 aliphatic rings. The van der Waals surface area contributed by atoms with E-state index in [0.29, 0.717) is 17.5 Å². The molecule has 1 aliphatic heterocycles. The summed E-state index contributed by atoms with van der Waals surface area (Å²) in [5.74, 6) is -0.173. The molecule has 2 rings (SSSR count). The summed E-state index contributed by atoms with van der Waals surface area (Å²) in [7, 11) is 0. The SMILES string of the molecule is CC1(C)CCCN(CC(=O)Cc2ccccc2F)CC1. The van der Waals surface area contributed by atoms with Gasteiger partial charge in [-0.15, -0.1) is 0 Å². The molecule has 0 N–H and O–H groups in total.